The second-order valence-corrected chi connectivity index (χ2v) is 7.14. The van der Waals surface area contributed by atoms with E-state index in [0.29, 0.717) is 17.8 Å². The van der Waals surface area contributed by atoms with Gasteiger partial charge in [-0.15, -0.1) is 5.10 Å². The Labute approximate surface area is 182 Å². The highest BCUT2D eigenvalue weighted by atomic mass is 19.4. The summed E-state index contributed by atoms with van der Waals surface area (Å²) in [5, 5.41) is 6.96. The predicted molar refractivity (Wildman–Crippen MR) is 113 cm³/mol. The van der Waals surface area contributed by atoms with Crippen LogP contribution in [0.25, 0.3) is 5.69 Å². The Hall–Kier alpha value is -3.94. The summed E-state index contributed by atoms with van der Waals surface area (Å²) in [5.74, 6) is -0.0372. The molecule has 0 radical (unpaired) electrons. The number of aromatic nitrogens is 3. The summed E-state index contributed by atoms with van der Waals surface area (Å²) in [7, 11) is 0. The molecule has 4 aromatic rings. The summed E-state index contributed by atoms with van der Waals surface area (Å²) in [6.45, 7) is -0.0728. The number of para-hydroxylation sites is 1. The van der Waals surface area contributed by atoms with Crippen molar-refractivity contribution in [3.8, 4) is 5.69 Å². The van der Waals surface area contributed by atoms with Crippen LogP contribution < -0.4 is 5.32 Å². The van der Waals surface area contributed by atoms with Crippen molar-refractivity contribution in [2.45, 2.75) is 19.1 Å². The lowest BCUT2D eigenvalue weighted by molar-refractivity contribution is -0.137. The summed E-state index contributed by atoms with van der Waals surface area (Å²) < 4.78 is 40.3. The Kier molecular flexibility index (Phi) is 6.02. The van der Waals surface area contributed by atoms with Crippen molar-refractivity contribution in [1.29, 1.82) is 0 Å². The van der Waals surface area contributed by atoms with Gasteiger partial charge < -0.3 is 5.32 Å². The molecule has 32 heavy (non-hydrogen) atoms. The smallest absolute Gasteiger partial charge is 0.345 e. The molecule has 0 saturated carbocycles. The molecule has 0 aliphatic heterocycles. The molecule has 0 bridgehead atoms. The van der Waals surface area contributed by atoms with Crippen molar-refractivity contribution >= 4 is 5.91 Å². The van der Waals surface area contributed by atoms with Crippen LogP contribution in [-0.4, -0.2) is 20.7 Å². The maximum absolute atomic E-state index is 12.9. The van der Waals surface area contributed by atoms with Crippen molar-refractivity contribution in [1.82, 2.24) is 20.1 Å². The molecule has 8 heteroatoms. The van der Waals surface area contributed by atoms with Crippen LogP contribution in [0.15, 0.2) is 84.9 Å². The predicted octanol–water partition coefficient (Wildman–Crippen LogP) is 4.81. The third-order valence-electron chi connectivity index (χ3n) is 4.79. The summed E-state index contributed by atoms with van der Waals surface area (Å²) in [6.07, 6.45) is -3.98. The first-order valence-electron chi connectivity index (χ1n) is 9.90. The van der Waals surface area contributed by atoms with Gasteiger partial charge in [-0.3, -0.25) is 4.79 Å². The van der Waals surface area contributed by atoms with Crippen molar-refractivity contribution < 1.29 is 18.0 Å². The first-order valence-corrected chi connectivity index (χ1v) is 9.90. The molecule has 1 heterocycles. The van der Waals surface area contributed by atoms with Crippen LogP contribution in [0.3, 0.4) is 0 Å². The highest BCUT2D eigenvalue weighted by Gasteiger charge is 2.30. The monoisotopic (exact) mass is 436 g/mol. The SMILES string of the molecule is O=C(NCc1cccc(C(F)(F)F)c1)c1nc(Cc2ccccc2)n(-c2ccccc2)n1. The number of nitrogens with zero attached hydrogens (tertiary/aromatic N) is 3. The van der Waals surface area contributed by atoms with Crippen LogP contribution in [0, 0.1) is 0 Å². The van der Waals surface area contributed by atoms with Gasteiger partial charge in [0, 0.05) is 13.0 Å². The highest BCUT2D eigenvalue weighted by molar-refractivity contribution is 5.90. The number of hydrogen-bond donors (Lipinski definition) is 1. The van der Waals surface area contributed by atoms with Gasteiger partial charge in [-0.25, -0.2) is 9.67 Å². The van der Waals surface area contributed by atoms with Gasteiger partial charge in [0.2, 0.25) is 5.82 Å². The fourth-order valence-corrected chi connectivity index (χ4v) is 3.23. The number of carbonyl (C=O) groups excluding carboxylic acids is 1. The van der Waals surface area contributed by atoms with Gasteiger partial charge in [0.15, 0.2) is 0 Å². The number of carbonyl (C=O) groups is 1. The first kappa shape index (κ1) is 21.3. The lowest BCUT2D eigenvalue weighted by Gasteiger charge is -2.09. The van der Waals surface area contributed by atoms with E-state index in [1.165, 1.54) is 12.1 Å². The van der Waals surface area contributed by atoms with Gasteiger partial charge in [-0.1, -0.05) is 60.7 Å². The zero-order valence-electron chi connectivity index (χ0n) is 16.9. The summed E-state index contributed by atoms with van der Waals surface area (Å²) >= 11 is 0. The Balaban J connectivity index is 1.56. The molecule has 1 N–H and O–H groups in total. The van der Waals surface area contributed by atoms with Crippen molar-refractivity contribution in [2.24, 2.45) is 0 Å². The Morgan fingerprint density at radius 3 is 2.22 bits per heavy atom. The lowest BCUT2D eigenvalue weighted by Crippen LogP contribution is -2.24. The second kappa shape index (κ2) is 9.05. The molecule has 0 atom stereocenters. The quantitative estimate of drug-likeness (QED) is 0.472. The molecule has 0 aliphatic carbocycles. The molecular weight excluding hydrogens is 417 g/mol. The van der Waals surface area contributed by atoms with Gasteiger partial charge in [-0.05, 0) is 35.4 Å². The molecule has 0 aliphatic rings. The van der Waals surface area contributed by atoms with Crippen molar-refractivity contribution in [2.75, 3.05) is 0 Å². The van der Waals surface area contributed by atoms with Crippen LogP contribution in [0.4, 0.5) is 13.2 Å². The minimum absolute atomic E-state index is 0.0493. The van der Waals surface area contributed by atoms with Gasteiger partial charge in [-0.2, -0.15) is 13.2 Å². The minimum atomic E-state index is -4.44. The third-order valence-corrected chi connectivity index (χ3v) is 4.79. The number of benzene rings is 3. The van der Waals surface area contributed by atoms with Crippen LogP contribution >= 0.6 is 0 Å². The molecule has 1 amide bonds. The normalized spacial score (nSPS) is 11.3. The van der Waals surface area contributed by atoms with Crippen molar-refractivity contribution in [3.05, 3.63) is 113 Å². The standard InChI is InChI=1S/C24H19F3N4O/c25-24(26,27)19-11-7-10-18(14-19)16-28-23(32)22-29-21(15-17-8-3-1-4-9-17)31(30-22)20-12-5-2-6-13-20/h1-14H,15-16H2,(H,28,32). The molecule has 0 saturated heterocycles. The van der Waals surface area contributed by atoms with Gasteiger partial charge in [0.1, 0.15) is 5.82 Å². The van der Waals surface area contributed by atoms with Crippen LogP contribution in [-0.2, 0) is 19.1 Å². The Bertz CT molecular complexity index is 1200. The number of hydrogen-bond acceptors (Lipinski definition) is 3. The molecule has 1 aromatic heterocycles. The number of amides is 1. The molecule has 5 nitrogen and oxygen atoms in total. The van der Waals surface area contributed by atoms with E-state index in [1.54, 1.807) is 4.68 Å². The molecule has 0 spiro atoms. The van der Waals surface area contributed by atoms with Crippen molar-refractivity contribution in [3.63, 3.8) is 0 Å². The van der Waals surface area contributed by atoms with Gasteiger partial charge in [0.25, 0.3) is 5.91 Å². The Morgan fingerprint density at radius 2 is 1.53 bits per heavy atom. The number of halogens is 3. The minimum Gasteiger partial charge on any atom is -0.345 e. The molecule has 0 fully saturated rings. The number of alkyl halides is 3. The van der Waals surface area contributed by atoms with E-state index < -0.39 is 17.6 Å². The Morgan fingerprint density at radius 1 is 0.875 bits per heavy atom. The maximum Gasteiger partial charge on any atom is 0.416 e. The zero-order valence-corrected chi connectivity index (χ0v) is 16.9. The van der Waals surface area contributed by atoms with E-state index in [2.05, 4.69) is 15.4 Å². The molecule has 162 valence electrons. The largest absolute Gasteiger partial charge is 0.416 e. The second-order valence-electron chi connectivity index (χ2n) is 7.14. The summed E-state index contributed by atoms with van der Waals surface area (Å²) in [6, 6.07) is 23.8. The van der Waals surface area contributed by atoms with E-state index in [-0.39, 0.29) is 12.4 Å². The van der Waals surface area contributed by atoms with Crippen LogP contribution in [0.1, 0.15) is 33.1 Å². The molecule has 0 unspecified atom stereocenters. The summed E-state index contributed by atoms with van der Waals surface area (Å²) in [4.78, 5) is 17.1. The molecule has 4 rings (SSSR count). The average molecular weight is 436 g/mol. The van der Waals surface area contributed by atoms with E-state index in [9.17, 15) is 18.0 Å². The fraction of sp³-hybridized carbons (Fsp3) is 0.125. The number of nitrogens with one attached hydrogen (secondary N) is 1. The zero-order chi connectivity index (χ0) is 22.6. The average Bonchev–Trinajstić information content (AvgIpc) is 3.22. The van der Waals surface area contributed by atoms with Gasteiger partial charge >= 0.3 is 6.18 Å². The van der Waals surface area contributed by atoms with E-state index in [0.717, 1.165) is 23.4 Å². The lowest BCUT2D eigenvalue weighted by atomic mass is 10.1. The molecule has 3 aromatic carbocycles. The first-order chi connectivity index (χ1) is 15.4. The number of rotatable bonds is 6. The molecular formula is C24H19F3N4O. The third kappa shape index (κ3) is 5.03. The van der Waals surface area contributed by atoms with Crippen LogP contribution in [0.5, 0.6) is 0 Å². The van der Waals surface area contributed by atoms with Gasteiger partial charge in [0.05, 0.1) is 11.3 Å². The highest BCUT2D eigenvalue weighted by Crippen LogP contribution is 2.29. The van der Waals surface area contributed by atoms with E-state index in [1.807, 2.05) is 60.7 Å². The topological polar surface area (TPSA) is 59.8 Å². The van der Waals surface area contributed by atoms with E-state index in [4.69, 9.17) is 0 Å². The maximum atomic E-state index is 12.9. The summed E-state index contributed by atoms with van der Waals surface area (Å²) in [5.41, 5.74) is 1.33. The van der Waals surface area contributed by atoms with Crippen LogP contribution in [0.2, 0.25) is 0 Å². The fourth-order valence-electron chi connectivity index (χ4n) is 3.23. The van der Waals surface area contributed by atoms with E-state index >= 15 is 0 Å².